The van der Waals surface area contributed by atoms with Crippen LogP contribution in [0.25, 0.3) is 0 Å². The van der Waals surface area contributed by atoms with Gasteiger partial charge in [-0.25, -0.2) is 0 Å². The summed E-state index contributed by atoms with van der Waals surface area (Å²) >= 11 is 4.63. The molecule has 0 saturated carbocycles. The Morgan fingerprint density at radius 2 is 2.00 bits per heavy atom. The number of benzene rings is 2. The number of allylic oxidation sites excluding steroid dienone is 4. The van der Waals surface area contributed by atoms with E-state index >= 15 is 0 Å². The average Bonchev–Trinajstić information content (AvgIpc) is 2.60. The highest BCUT2D eigenvalue weighted by atomic mass is 32.1. The third kappa shape index (κ3) is 4.37. The predicted octanol–water partition coefficient (Wildman–Crippen LogP) is 5.00. The maximum absolute atomic E-state index is 10.8. The highest BCUT2D eigenvalue weighted by Gasteiger charge is 2.15. The van der Waals surface area contributed by atoms with Crippen molar-refractivity contribution in [3.8, 4) is 5.75 Å². The molecule has 0 saturated heterocycles. The maximum Gasteiger partial charge on any atom is 0.126 e. The summed E-state index contributed by atoms with van der Waals surface area (Å²) in [6.45, 7) is 4.24. The molecule has 3 unspecified atom stereocenters. The van der Waals surface area contributed by atoms with Gasteiger partial charge in [-0.1, -0.05) is 69.3 Å². The molecule has 2 aromatic rings. The van der Waals surface area contributed by atoms with Crippen molar-refractivity contribution in [2.24, 2.45) is 5.92 Å². The zero-order valence-electron chi connectivity index (χ0n) is 14.7. The Labute approximate surface area is 158 Å². The summed E-state index contributed by atoms with van der Waals surface area (Å²) in [5, 5.41) is 13.4. The molecule has 3 atom stereocenters. The monoisotopic (exact) mass is 368 g/mol. The highest BCUT2D eigenvalue weighted by Crippen LogP contribution is 2.30. The molecule has 1 aliphatic carbocycles. The van der Waals surface area contributed by atoms with E-state index in [9.17, 15) is 5.11 Å². The van der Waals surface area contributed by atoms with Gasteiger partial charge in [0.05, 0.1) is 0 Å². The van der Waals surface area contributed by atoms with Crippen molar-refractivity contribution in [2.75, 3.05) is 0 Å². The molecule has 3 rings (SSSR count). The van der Waals surface area contributed by atoms with Gasteiger partial charge < -0.3 is 5.11 Å². The van der Waals surface area contributed by atoms with Gasteiger partial charge >= 0.3 is 0 Å². The molecular weight excluding hydrogens is 343 g/mol. The molecule has 3 heteroatoms. The molecule has 0 fully saturated rings. The van der Waals surface area contributed by atoms with E-state index in [1.165, 1.54) is 16.4 Å². The smallest absolute Gasteiger partial charge is 0.126 e. The second-order valence-corrected chi connectivity index (χ2v) is 8.73. The van der Waals surface area contributed by atoms with Crippen LogP contribution in [-0.4, -0.2) is 5.11 Å². The fraction of sp³-hybridized carbons (Fsp3) is 0.273. The van der Waals surface area contributed by atoms with Crippen molar-refractivity contribution in [1.82, 2.24) is 0 Å². The van der Waals surface area contributed by atoms with Gasteiger partial charge in [0, 0.05) is 10.6 Å². The highest BCUT2D eigenvalue weighted by molar-refractivity contribution is 7.80. The van der Waals surface area contributed by atoms with Gasteiger partial charge in [0.1, 0.15) is 5.75 Å². The normalized spacial score (nSPS) is 18.1. The summed E-state index contributed by atoms with van der Waals surface area (Å²) in [6.07, 6.45) is 10.5. The molecular formula is C22H25OPS. The van der Waals surface area contributed by atoms with Crippen LogP contribution in [0.2, 0.25) is 0 Å². The molecule has 1 aliphatic rings. The van der Waals surface area contributed by atoms with Crippen molar-refractivity contribution in [3.63, 3.8) is 0 Å². The first kappa shape index (κ1) is 18.3. The molecule has 0 heterocycles. The number of para-hydroxylation sites is 1. The topological polar surface area (TPSA) is 20.2 Å². The van der Waals surface area contributed by atoms with Crippen molar-refractivity contribution < 1.29 is 5.11 Å². The Hall–Kier alpha value is -1.50. The fourth-order valence-corrected chi connectivity index (χ4v) is 5.06. The third-order valence-corrected chi connectivity index (χ3v) is 6.57. The fourth-order valence-electron chi connectivity index (χ4n) is 3.27. The Kier molecular flexibility index (Phi) is 6.04. The van der Waals surface area contributed by atoms with Crippen LogP contribution >= 0.6 is 21.2 Å². The zero-order chi connectivity index (χ0) is 17.8. The molecule has 0 radical (unpaired) electrons. The lowest BCUT2D eigenvalue weighted by molar-refractivity contribution is 0.467. The molecule has 0 amide bonds. The number of phenolic OH excluding ortho intramolecular Hbond substituents is 1. The van der Waals surface area contributed by atoms with E-state index in [4.69, 9.17) is 0 Å². The van der Waals surface area contributed by atoms with Gasteiger partial charge in [0.15, 0.2) is 0 Å². The van der Waals surface area contributed by atoms with E-state index < -0.39 is 0 Å². The van der Waals surface area contributed by atoms with Gasteiger partial charge in [0.25, 0.3) is 0 Å². The lowest BCUT2D eigenvalue weighted by atomic mass is 9.93. The van der Waals surface area contributed by atoms with Crippen molar-refractivity contribution in [3.05, 3.63) is 77.4 Å². The van der Waals surface area contributed by atoms with Gasteiger partial charge in [-0.15, -0.1) is 0 Å². The number of hydrogen-bond acceptors (Lipinski definition) is 2. The third-order valence-electron chi connectivity index (χ3n) is 4.69. The van der Waals surface area contributed by atoms with E-state index in [1.807, 2.05) is 6.07 Å². The first-order valence-corrected chi connectivity index (χ1v) is 10.3. The van der Waals surface area contributed by atoms with Crippen molar-refractivity contribution >= 4 is 31.8 Å². The van der Waals surface area contributed by atoms with Gasteiger partial charge in [0.2, 0.25) is 0 Å². The number of rotatable bonds is 5. The Bertz CT molecular complexity index is 808. The molecule has 130 valence electrons. The van der Waals surface area contributed by atoms with Crippen LogP contribution in [0.15, 0.2) is 60.7 Å². The van der Waals surface area contributed by atoms with E-state index in [0.717, 1.165) is 23.7 Å². The van der Waals surface area contributed by atoms with Crippen LogP contribution in [0.4, 0.5) is 0 Å². The lowest BCUT2D eigenvalue weighted by Crippen LogP contribution is -2.14. The average molecular weight is 368 g/mol. The summed E-state index contributed by atoms with van der Waals surface area (Å²) < 4.78 is 0. The maximum atomic E-state index is 10.8. The Balaban J connectivity index is 1.88. The lowest BCUT2D eigenvalue weighted by Gasteiger charge is -2.18. The van der Waals surface area contributed by atoms with E-state index in [1.54, 1.807) is 0 Å². The Morgan fingerprint density at radius 3 is 2.72 bits per heavy atom. The van der Waals surface area contributed by atoms with E-state index in [0.29, 0.717) is 20.2 Å². The largest absolute Gasteiger partial charge is 0.507 e. The van der Waals surface area contributed by atoms with Crippen LogP contribution in [-0.2, 0) is 6.42 Å². The standard InChI is InChI=1S/C22H25OPS/c1-15-8-6-12-19(16(2)25)22(15)24-20-13-7-11-18(21(20)23)14-17-9-4-3-5-10-17/h3-9,11-13,16-17,23-25H,10,14H2,1-2H3. The number of aryl methyl sites for hydroxylation is 1. The summed E-state index contributed by atoms with van der Waals surface area (Å²) in [6, 6.07) is 12.5. The molecule has 1 nitrogen and oxygen atoms in total. The molecule has 0 spiro atoms. The van der Waals surface area contributed by atoms with Crippen molar-refractivity contribution in [2.45, 2.75) is 31.9 Å². The van der Waals surface area contributed by atoms with Gasteiger partial charge in [-0.2, -0.15) is 12.6 Å². The van der Waals surface area contributed by atoms with Crippen LogP contribution in [0.5, 0.6) is 5.75 Å². The zero-order valence-corrected chi connectivity index (χ0v) is 16.6. The van der Waals surface area contributed by atoms with Crippen LogP contribution < -0.4 is 10.6 Å². The minimum absolute atomic E-state index is 0.187. The summed E-state index contributed by atoms with van der Waals surface area (Å²) in [4.78, 5) is 0. The Morgan fingerprint density at radius 1 is 1.20 bits per heavy atom. The van der Waals surface area contributed by atoms with Crippen molar-refractivity contribution in [1.29, 1.82) is 0 Å². The quantitative estimate of drug-likeness (QED) is 0.562. The molecule has 25 heavy (non-hydrogen) atoms. The van der Waals surface area contributed by atoms with Crippen LogP contribution in [0.1, 0.15) is 35.3 Å². The van der Waals surface area contributed by atoms with E-state index in [2.05, 4.69) is 81.1 Å². The first-order valence-electron chi connectivity index (χ1n) is 8.75. The number of thiol groups is 1. The minimum Gasteiger partial charge on any atom is -0.507 e. The molecule has 2 aromatic carbocycles. The van der Waals surface area contributed by atoms with Crippen LogP contribution in [0.3, 0.4) is 0 Å². The summed E-state index contributed by atoms with van der Waals surface area (Å²) in [7, 11) is 0.444. The molecule has 0 aromatic heterocycles. The van der Waals surface area contributed by atoms with Gasteiger partial charge in [-0.3, -0.25) is 0 Å². The van der Waals surface area contributed by atoms with Crippen LogP contribution in [0, 0.1) is 12.8 Å². The van der Waals surface area contributed by atoms with Gasteiger partial charge in [-0.05, 0) is 54.6 Å². The molecule has 1 N–H and O–H groups in total. The second-order valence-electron chi connectivity index (χ2n) is 6.67. The summed E-state index contributed by atoms with van der Waals surface area (Å²) in [5.41, 5.74) is 3.57. The molecule has 0 bridgehead atoms. The predicted molar refractivity (Wildman–Crippen MR) is 114 cm³/mol. The number of aromatic hydroxyl groups is 1. The van der Waals surface area contributed by atoms with E-state index in [-0.39, 0.29) is 5.25 Å². The number of hydrogen-bond donors (Lipinski definition) is 2. The SMILES string of the molecule is Cc1cccc(C(C)S)c1Pc1cccc(CC2C=CC=CC2)c1O. The number of phenols is 1. The first-order chi connectivity index (χ1) is 12.1. The molecule has 0 aliphatic heterocycles. The second kappa shape index (κ2) is 8.25. The summed E-state index contributed by atoms with van der Waals surface area (Å²) in [5.74, 6) is 0.936. The minimum atomic E-state index is 0.187.